The Morgan fingerprint density at radius 1 is 1.41 bits per heavy atom. The van der Waals surface area contributed by atoms with Crippen LogP contribution >= 0.6 is 15.9 Å². The Morgan fingerprint density at radius 3 is 2.88 bits per heavy atom. The molecule has 0 atom stereocenters. The summed E-state index contributed by atoms with van der Waals surface area (Å²) < 4.78 is 2.85. The minimum atomic E-state index is 0.498. The number of rotatable bonds is 4. The number of hydrogen-bond acceptors (Lipinski definition) is 2. The van der Waals surface area contributed by atoms with Gasteiger partial charge in [-0.15, -0.1) is 0 Å². The summed E-state index contributed by atoms with van der Waals surface area (Å²) in [5, 5.41) is 7.68. The van der Waals surface area contributed by atoms with Crippen LogP contribution in [0.2, 0.25) is 0 Å². The fourth-order valence-corrected chi connectivity index (χ4v) is 1.86. The van der Waals surface area contributed by atoms with E-state index in [2.05, 4.69) is 64.5 Å². The minimum absolute atomic E-state index is 0.498. The highest BCUT2D eigenvalue weighted by Gasteiger charge is 2.01. The Labute approximate surface area is 110 Å². The highest BCUT2D eigenvalue weighted by Crippen LogP contribution is 2.13. The Morgan fingerprint density at radius 2 is 2.24 bits per heavy atom. The molecule has 0 unspecified atom stereocenters. The predicted molar refractivity (Wildman–Crippen MR) is 73.2 cm³/mol. The first-order valence-electron chi connectivity index (χ1n) is 5.68. The van der Waals surface area contributed by atoms with Gasteiger partial charge in [0, 0.05) is 18.8 Å². The van der Waals surface area contributed by atoms with E-state index in [-0.39, 0.29) is 0 Å². The van der Waals surface area contributed by atoms with Gasteiger partial charge in [0.1, 0.15) is 0 Å². The zero-order valence-corrected chi connectivity index (χ0v) is 11.6. The Bertz CT molecular complexity index is 491. The molecule has 2 aromatic rings. The van der Waals surface area contributed by atoms with Crippen LogP contribution in [-0.4, -0.2) is 15.8 Å². The molecule has 1 N–H and O–H groups in total. The molecule has 90 valence electrons. The van der Waals surface area contributed by atoms with Crippen molar-refractivity contribution in [3.63, 3.8) is 0 Å². The van der Waals surface area contributed by atoms with Gasteiger partial charge in [0.15, 0.2) is 0 Å². The van der Waals surface area contributed by atoms with Crippen molar-refractivity contribution in [2.75, 3.05) is 0 Å². The van der Waals surface area contributed by atoms with Gasteiger partial charge in [0.05, 0.1) is 16.4 Å². The van der Waals surface area contributed by atoms with Crippen molar-refractivity contribution in [1.29, 1.82) is 0 Å². The monoisotopic (exact) mass is 293 g/mol. The van der Waals surface area contributed by atoms with E-state index < -0.39 is 0 Å². The molecular weight excluding hydrogens is 278 g/mol. The Balaban J connectivity index is 2.16. The third-order valence-corrected chi connectivity index (χ3v) is 2.85. The van der Waals surface area contributed by atoms with Crippen molar-refractivity contribution < 1.29 is 0 Å². The van der Waals surface area contributed by atoms with Gasteiger partial charge in [0.25, 0.3) is 0 Å². The highest BCUT2D eigenvalue weighted by molar-refractivity contribution is 9.10. The van der Waals surface area contributed by atoms with Gasteiger partial charge in [-0.05, 0) is 33.6 Å². The molecule has 0 amide bonds. The molecule has 0 saturated carbocycles. The lowest BCUT2D eigenvalue weighted by Gasteiger charge is -2.09. The molecule has 0 saturated heterocycles. The minimum Gasteiger partial charge on any atom is -0.310 e. The van der Waals surface area contributed by atoms with Crippen molar-refractivity contribution in [2.45, 2.75) is 26.4 Å². The quantitative estimate of drug-likeness (QED) is 0.939. The third kappa shape index (κ3) is 3.41. The smallest absolute Gasteiger partial charge is 0.0649 e. The fourth-order valence-electron chi connectivity index (χ4n) is 1.57. The average molecular weight is 294 g/mol. The van der Waals surface area contributed by atoms with E-state index in [0.717, 1.165) is 16.7 Å². The molecule has 0 fully saturated rings. The van der Waals surface area contributed by atoms with Crippen LogP contribution in [-0.2, 0) is 6.54 Å². The normalized spacial score (nSPS) is 11.1. The van der Waals surface area contributed by atoms with Gasteiger partial charge >= 0.3 is 0 Å². The second kappa shape index (κ2) is 5.47. The summed E-state index contributed by atoms with van der Waals surface area (Å²) in [7, 11) is 0. The van der Waals surface area contributed by atoms with Gasteiger partial charge in [0.2, 0.25) is 0 Å². The molecule has 0 bridgehead atoms. The molecule has 0 spiro atoms. The van der Waals surface area contributed by atoms with Crippen LogP contribution in [0.25, 0.3) is 5.69 Å². The molecule has 3 nitrogen and oxygen atoms in total. The summed E-state index contributed by atoms with van der Waals surface area (Å²) in [6.07, 6.45) is 3.74. The van der Waals surface area contributed by atoms with Crippen LogP contribution < -0.4 is 5.32 Å². The number of hydrogen-bond donors (Lipinski definition) is 1. The molecule has 17 heavy (non-hydrogen) atoms. The zero-order valence-electron chi connectivity index (χ0n) is 10.0. The molecule has 4 heteroatoms. The SMILES string of the molecule is CC(C)NCc1cccc(-n2cc(Br)cn2)c1. The molecular formula is C13H16BrN3. The van der Waals surface area contributed by atoms with Gasteiger partial charge < -0.3 is 5.32 Å². The van der Waals surface area contributed by atoms with E-state index in [0.29, 0.717) is 6.04 Å². The lowest BCUT2D eigenvalue weighted by atomic mass is 10.2. The van der Waals surface area contributed by atoms with Crippen molar-refractivity contribution in [1.82, 2.24) is 15.1 Å². The second-order valence-electron chi connectivity index (χ2n) is 4.31. The second-order valence-corrected chi connectivity index (χ2v) is 5.22. The Kier molecular flexibility index (Phi) is 3.97. The van der Waals surface area contributed by atoms with Gasteiger partial charge in [-0.2, -0.15) is 5.10 Å². The first kappa shape index (κ1) is 12.3. The molecule has 0 radical (unpaired) electrons. The van der Waals surface area contributed by atoms with E-state index in [9.17, 15) is 0 Å². The van der Waals surface area contributed by atoms with Crippen molar-refractivity contribution in [2.24, 2.45) is 0 Å². The number of benzene rings is 1. The topological polar surface area (TPSA) is 29.9 Å². The van der Waals surface area contributed by atoms with Crippen LogP contribution in [0, 0.1) is 0 Å². The first-order valence-corrected chi connectivity index (χ1v) is 6.47. The summed E-state index contributed by atoms with van der Waals surface area (Å²) in [5.41, 5.74) is 2.35. The summed E-state index contributed by atoms with van der Waals surface area (Å²) in [6, 6.07) is 8.88. The van der Waals surface area contributed by atoms with Gasteiger partial charge in [-0.1, -0.05) is 26.0 Å². The van der Waals surface area contributed by atoms with Gasteiger partial charge in [-0.3, -0.25) is 0 Å². The summed E-state index contributed by atoms with van der Waals surface area (Å²) >= 11 is 3.40. The van der Waals surface area contributed by atoms with Gasteiger partial charge in [-0.25, -0.2) is 4.68 Å². The fraction of sp³-hybridized carbons (Fsp3) is 0.308. The first-order chi connectivity index (χ1) is 8.15. The molecule has 1 heterocycles. The lowest BCUT2D eigenvalue weighted by molar-refractivity contribution is 0.588. The molecule has 2 rings (SSSR count). The zero-order chi connectivity index (χ0) is 12.3. The van der Waals surface area contributed by atoms with Crippen LogP contribution in [0.5, 0.6) is 0 Å². The van der Waals surface area contributed by atoms with E-state index in [1.807, 2.05) is 10.9 Å². The maximum Gasteiger partial charge on any atom is 0.0649 e. The van der Waals surface area contributed by atoms with Crippen molar-refractivity contribution >= 4 is 15.9 Å². The van der Waals surface area contributed by atoms with E-state index in [4.69, 9.17) is 0 Å². The average Bonchev–Trinajstić information content (AvgIpc) is 2.74. The Hall–Kier alpha value is -1.13. The summed E-state index contributed by atoms with van der Waals surface area (Å²) in [5.74, 6) is 0. The van der Waals surface area contributed by atoms with Crippen LogP contribution in [0.15, 0.2) is 41.1 Å². The van der Waals surface area contributed by atoms with E-state index in [1.54, 1.807) is 6.20 Å². The van der Waals surface area contributed by atoms with Crippen molar-refractivity contribution in [3.05, 3.63) is 46.7 Å². The number of halogens is 1. The van der Waals surface area contributed by atoms with Crippen LogP contribution in [0.3, 0.4) is 0 Å². The molecule has 0 aliphatic heterocycles. The summed E-state index contributed by atoms with van der Waals surface area (Å²) in [4.78, 5) is 0. The van der Waals surface area contributed by atoms with E-state index in [1.165, 1.54) is 5.56 Å². The highest BCUT2D eigenvalue weighted by atomic mass is 79.9. The third-order valence-electron chi connectivity index (χ3n) is 2.44. The van der Waals surface area contributed by atoms with Crippen LogP contribution in [0.4, 0.5) is 0 Å². The maximum absolute atomic E-state index is 4.27. The summed E-state index contributed by atoms with van der Waals surface area (Å²) in [6.45, 7) is 5.18. The van der Waals surface area contributed by atoms with E-state index >= 15 is 0 Å². The largest absolute Gasteiger partial charge is 0.310 e. The molecule has 1 aromatic heterocycles. The standard InChI is InChI=1S/C13H16BrN3/c1-10(2)15-7-11-4-3-5-13(6-11)17-9-12(14)8-16-17/h3-6,8-10,15H,7H2,1-2H3. The number of nitrogens with zero attached hydrogens (tertiary/aromatic N) is 2. The molecule has 1 aromatic carbocycles. The molecule has 0 aliphatic carbocycles. The predicted octanol–water partition coefficient (Wildman–Crippen LogP) is 3.13. The van der Waals surface area contributed by atoms with Crippen LogP contribution in [0.1, 0.15) is 19.4 Å². The number of nitrogens with one attached hydrogen (secondary N) is 1. The number of aromatic nitrogens is 2. The lowest BCUT2D eigenvalue weighted by Crippen LogP contribution is -2.21. The molecule has 0 aliphatic rings. The maximum atomic E-state index is 4.27. The van der Waals surface area contributed by atoms with Crippen molar-refractivity contribution in [3.8, 4) is 5.69 Å².